The first kappa shape index (κ1) is 36.4. The SMILES string of the molecule is C=C.C=O.CC.CC.CCCC(CCNCCc1ccccc1)NC.CO. The first-order valence-corrected chi connectivity index (χ1v) is 10.0. The van der Waals surface area contributed by atoms with Gasteiger partial charge in [-0.15, -0.1) is 13.2 Å². The number of nitrogens with one attached hydrogen (secondary N) is 2. The van der Waals surface area contributed by atoms with Gasteiger partial charge < -0.3 is 20.5 Å². The fourth-order valence-electron chi connectivity index (χ4n) is 2.06. The van der Waals surface area contributed by atoms with Gasteiger partial charge in [0.05, 0.1) is 0 Å². The van der Waals surface area contributed by atoms with Crippen LogP contribution in [-0.4, -0.2) is 45.2 Å². The molecule has 4 nitrogen and oxygen atoms in total. The molecule has 0 heterocycles. The Hall–Kier alpha value is -1.49. The molecule has 0 spiro atoms. The normalized spacial score (nSPS) is 8.89. The van der Waals surface area contributed by atoms with E-state index in [1.54, 1.807) is 0 Å². The Morgan fingerprint density at radius 1 is 0.926 bits per heavy atom. The number of aliphatic hydroxyl groups is 1. The van der Waals surface area contributed by atoms with Crippen LogP contribution in [-0.2, 0) is 11.2 Å². The van der Waals surface area contributed by atoms with E-state index in [1.807, 2.05) is 34.5 Å². The molecule has 27 heavy (non-hydrogen) atoms. The molecule has 0 bridgehead atoms. The van der Waals surface area contributed by atoms with Gasteiger partial charge in [0, 0.05) is 13.2 Å². The highest BCUT2D eigenvalue weighted by Gasteiger charge is 2.03. The van der Waals surface area contributed by atoms with Crippen LogP contribution in [0.25, 0.3) is 0 Å². The van der Waals surface area contributed by atoms with Gasteiger partial charge in [0.15, 0.2) is 0 Å². The minimum atomic E-state index is 0.671. The monoisotopic (exact) mass is 384 g/mol. The van der Waals surface area contributed by atoms with Crippen LogP contribution in [0.3, 0.4) is 0 Å². The summed E-state index contributed by atoms with van der Waals surface area (Å²) in [7, 11) is 3.06. The molecular weight excluding hydrogens is 336 g/mol. The molecule has 0 radical (unpaired) electrons. The molecule has 0 aliphatic heterocycles. The van der Waals surface area contributed by atoms with E-state index >= 15 is 0 Å². The molecule has 4 heteroatoms. The van der Waals surface area contributed by atoms with E-state index in [1.165, 1.54) is 24.8 Å². The minimum absolute atomic E-state index is 0.671. The first-order valence-electron chi connectivity index (χ1n) is 10.0. The van der Waals surface area contributed by atoms with E-state index < -0.39 is 0 Å². The van der Waals surface area contributed by atoms with E-state index in [4.69, 9.17) is 9.90 Å². The first-order chi connectivity index (χ1) is 13.4. The molecule has 0 amide bonds. The van der Waals surface area contributed by atoms with Gasteiger partial charge in [0.1, 0.15) is 6.79 Å². The van der Waals surface area contributed by atoms with Crippen molar-refractivity contribution in [1.29, 1.82) is 0 Å². The molecular formula is C23H48N2O2. The van der Waals surface area contributed by atoms with Gasteiger partial charge in [0.2, 0.25) is 0 Å². The summed E-state index contributed by atoms with van der Waals surface area (Å²) in [4.78, 5) is 8.00. The molecule has 0 saturated carbocycles. The maximum atomic E-state index is 8.00. The van der Waals surface area contributed by atoms with Crippen LogP contribution in [0.15, 0.2) is 43.5 Å². The number of hydrogen-bond acceptors (Lipinski definition) is 4. The summed E-state index contributed by atoms with van der Waals surface area (Å²) in [6.45, 7) is 20.4. The van der Waals surface area contributed by atoms with Crippen LogP contribution in [0, 0.1) is 0 Å². The quantitative estimate of drug-likeness (QED) is 0.420. The average Bonchev–Trinajstić information content (AvgIpc) is 2.80. The predicted octanol–water partition coefficient (Wildman–Crippen LogP) is 4.88. The Labute approximate surface area is 170 Å². The van der Waals surface area contributed by atoms with Crippen LogP contribution in [0.5, 0.6) is 0 Å². The van der Waals surface area contributed by atoms with E-state index in [0.29, 0.717) is 6.04 Å². The summed E-state index contributed by atoms with van der Waals surface area (Å²) < 4.78 is 0. The molecule has 162 valence electrons. The second kappa shape index (κ2) is 44.2. The van der Waals surface area contributed by atoms with Crippen LogP contribution in [0.2, 0.25) is 0 Å². The third-order valence-corrected chi connectivity index (χ3v) is 3.15. The standard InChI is InChI=1S/C15H26N2.2C2H6.C2H4.CH4O.CH2O/c1-3-7-15(16-2)11-13-17-12-10-14-8-5-4-6-9-14;5*1-2/h4-6,8-9,15-17H,3,7,10-13H2,1-2H3;2*1-2H3;1-2H2;2H,1H3;1H2. The Bertz CT molecular complexity index is 307. The summed E-state index contributed by atoms with van der Waals surface area (Å²) in [6.07, 6.45) is 4.88. The number of carbonyl (C=O) groups is 1. The van der Waals surface area contributed by atoms with Crippen LogP contribution in [0.1, 0.15) is 59.4 Å². The molecule has 1 unspecified atom stereocenters. The molecule has 0 saturated heterocycles. The fourth-order valence-corrected chi connectivity index (χ4v) is 2.06. The number of aliphatic hydroxyl groups excluding tert-OH is 1. The molecule has 0 aliphatic carbocycles. The zero-order chi connectivity index (χ0) is 22.3. The van der Waals surface area contributed by atoms with Gasteiger partial charge in [0.25, 0.3) is 0 Å². The van der Waals surface area contributed by atoms with E-state index in [9.17, 15) is 0 Å². The maximum Gasteiger partial charge on any atom is 0.106 e. The molecule has 1 atom stereocenters. The van der Waals surface area contributed by atoms with Crippen LogP contribution in [0.4, 0.5) is 0 Å². The number of carbonyl (C=O) groups excluding carboxylic acids is 1. The van der Waals surface area contributed by atoms with Crippen molar-refractivity contribution in [3.63, 3.8) is 0 Å². The molecule has 1 rings (SSSR count). The fraction of sp³-hybridized carbons (Fsp3) is 0.609. The molecule has 1 aromatic carbocycles. The van der Waals surface area contributed by atoms with E-state index in [0.717, 1.165) is 26.6 Å². The van der Waals surface area contributed by atoms with Crippen molar-refractivity contribution in [3.8, 4) is 0 Å². The number of benzene rings is 1. The van der Waals surface area contributed by atoms with Crippen molar-refractivity contribution in [2.24, 2.45) is 0 Å². The molecule has 3 N–H and O–H groups in total. The number of hydrogen-bond donors (Lipinski definition) is 3. The Morgan fingerprint density at radius 3 is 1.81 bits per heavy atom. The second-order valence-electron chi connectivity index (χ2n) is 4.55. The van der Waals surface area contributed by atoms with Crippen molar-refractivity contribution < 1.29 is 9.90 Å². The average molecular weight is 385 g/mol. The van der Waals surface area contributed by atoms with E-state index in [-0.39, 0.29) is 0 Å². The van der Waals surface area contributed by atoms with Crippen molar-refractivity contribution in [2.75, 3.05) is 27.2 Å². The lowest BCUT2D eigenvalue weighted by Gasteiger charge is -2.15. The largest absolute Gasteiger partial charge is 0.400 e. The van der Waals surface area contributed by atoms with Gasteiger partial charge in [-0.1, -0.05) is 71.4 Å². The van der Waals surface area contributed by atoms with Crippen molar-refractivity contribution in [2.45, 2.75) is 66.3 Å². The number of rotatable bonds is 9. The lowest BCUT2D eigenvalue weighted by Crippen LogP contribution is -2.30. The lowest BCUT2D eigenvalue weighted by molar-refractivity contribution is -0.0979. The molecule has 0 aliphatic rings. The summed E-state index contributed by atoms with van der Waals surface area (Å²) >= 11 is 0. The third kappa shape index (κ3) is 32.6. The smallest absolute Gasteiger partial charge is 0.106 e. The summed E-state index contributed by atoms with van der Waals surface area (Å²) in [5, 5.41) is 13.9. The summed E-state index contributed by atoms with van der Waals surface area (Å²) in [6, 6.07) is 11.3. The van der Waals surface area contributed by atoms with Crippen molar-refractivity contribution >= 4 is 6.79 Å². The summed E-state index contributed by atoms with van der Waals surface area (Å²) in [5.41, 5.74) is 1.42. The molecule has 0 fully saturated rings. The Kier molecular flexibility index (Phi) is 59.6. The predicted molar refractivity (Wildman–Crippen MR) is 125 cm³/mol. The van der Waals surface area contributed by atoms with E-state index in [2.05, 4.69) is 68.1 Å². The molecule has 1 aromatic rings. The highest BCUT2D eigenvalue weighted by Crippen LogP contribution is 2.00. The highest BCUT2D eigenvalue weighted by atomic mass is 16.2. The molecule has 0 aromatic heterocycles. The Morgan fingerprint density at radius 2 is 1.41 bits per heavy atom. The minimum Gasteiger partial charge on any atom is -0.400 e. The highest BCUT2D eigenvalue weighted by molar-refractivity contribution is 5.14. The van der Waals surface area contributed by atoms with Crippen LogP contribution >= 0.6 is 0 Å². The summed E-state index contributed by atoms with van der Waals surface area (Å²) in [5.74, 6) is 0. The van der Waals surface area contributed by atoms with Gasteiger partial charge in [-0.2, -0.15) is 0 Å². The zero-order valence-corrected chi connectivity index (χ0v) is 19.2. The lowest BCUT2D eigenvalue weighted by atomic mass is 10.1. The van der Waals surface area contributed by atoms with Crippen LogP contribution < -0.4 is 10.6 Å². The second-order valence-corrected chi connectivity index (χ2v) is 4.55. The van der Waals surface area contributed by atoms with Gasteiger partial charge in [-0.25, -0.2) is 0 Å². The van der Waals surface area contributed by atoms with Gasteiger partial charge >= 0.3 is 0 Å². The van der Waals surface area contributed by atoms with Crippen molar-refractivity contribution in [1.82, 2.24) is 10.6 Å². The topological polar surface area (TPSA) is 61.4 Å². The van der Waals surface area contributed by atoms with Gasteiger partial charge in [-0.3, -0.25) is 0 Å². The zero-order valence-electron chi connectivity index (χ0n) is 19.2. The Balaban J connectivity index is -0.000000139. The maximum absolute atomic E-state index is 8.00. The van der Waals surface area contributed by atoms with Crippen molar-refractivity contribution in [3.05, 3.63) is 49.1 Å². The third-order valence-electron chi connectivity index (χ3n) is 3.15. The van der Waals surface area contributed by atoms with Gasteiger partial charge in [-0.05, 0) is 45.0 Å².